The number of carbonyl (C=O) groups is 1. The number of nitrogens with one attached hydrogen (secondary N) is 1. The summed E-state index contributed by atoms with van der Waals surface area (Å²) in [4.78, 5) is 12.6. The number of allylic oxidation sites excluding steroid dienone is 2. The van der Waals surface area contributed by atoms with E-state index in [9.17, 15) is 9.90 Å². The molecule has 0 spiro atoms. The quantitative estimate of drug-likeness (QED) is 0.391. The van der Waals surface area contributed by atoms with Crippen molar-refractivity contribution in [3.05, 3.63) is 42.0 Å². The molecule has 3 rings (SSSR count). The Morgan fingerprint density at radius 2 is 1.88 bits per heavy atom. The highest BCUT2D eigenvalue weighted by atomic mass is 16.5. The number of benzene rings is 1. The molecule has 5 nitrogen and oxygen atoms in total. The Hall–Kier alpha value is -2.27. The van der Waals surface area contributed by atoms with Gasteiger partial charge in [0.05, 0.1) is 20.3 Å². The van der Waals surface area contributed by atoms with Gasteiger partial charge in [0.15, 0.2) is 0 Å². The van der Waals surface area contributed by atoms with Gasteiger partial charge in [0, 0.05) is 30.0 Å². The smallest absolute Gasteiger partial charge is 0.248 e. The van der Waals surface area contributed by atoms with Gasteiger partial charge < -0.3 is 19.9 Å². The van der Waals surface area contributed by atoms with E-state index < -0.39 is 0 Å². The van der Waals surface area contributed by atoms with Crippen molar-refractivity contribution in [2.24, 2.45) is 29.1 Å². The molecule has 0 aromatic heterocycles. The Kier molecular flexibility index (Phi) is 7.94. The van der Waals surface area contributed by atoms with Gasteiger partial charge in [0.1, 0.15) is 11.5 Å². The maximum atomic E-state index is 12.6. The molecule has 1 aromatic carbocycles. The molecule has 1 aromatic rings. The van der Waals surface area contributed by atoms with Crippen LogP contribution in [0.1, 0.15) is 59.8 Å². The van der Waals surface area contributed by atoms with Crippen LogP contribution in [-0.2, 0) is 4.79 Å². The second-order valence-electron chi connectivity index (χ2n) is 10.7. The van der Waals surface area contributed by atoms with Gasteiger partial charge in [-0.25, -0.2) is 0 Å². The Morgan fingerprint density at radius 1 is 1.24 bits per heavy atom. The summed E-state index contributed by atoms with van der Waals surface area (Å²) in [6, 6.07) is 5.32. The van der Waals surface area contributed by atoms with Gasteiger partial charge in [-0.15, -0.1) is 0 Å². The zero-order valence-corrected chi connectivity index (χ0v) is 21.1. The highest BCUT2D eigenvalue weighted by Crippen LogP contribution is 2.56. The summed E-state index contributed by atoms with van der Waals surface area (Å²) in [5, 5.41) is 13.6. The van der Waals surface area contributed by atoms with Gasteiger partial charge in [-0.1, -0.05) is 38.5 Å². The predicted molar refractivity (Wildman–Crippen MR) is 134 cm³/mol. The average Bonchev–Trinajstić information content (AvgIpc) is 2.76. The van der Waals surface area contributed by atoms with Gasteiger partial charge >= 0.3 is 0 Å². The van der Waals surface area contributed by atoms with Crippen molar-refractivity contribution in [3.63, 3.8) is 0 Å². The number of rotatable bonds is 7. The number of carbonyl (C=O) groups excluding carboxylic acids is 1. The number of amides is 1. The van der Waals surface area contributed by atoms with E-state index in [1.165, 1.54) is 5.57 Å². The molecule has 5 unspecified atom stereocenters. The number of fused-ring (bicyclic) bond motifs is 1. The average molecular weight is 456 g/mol. The van der Waals surface area contributed by atoms with Crippen LogP contribution in [0, 0.1) is 29.1 Å². The van der Waals surface area contributed by atoms with Crippen molar-refractivity contribution in [1.82, 2.24) is 0 Å². The van der Waals surface area contributed by atoms with Crippen LogP contribution >= 0.6 is 0 Å². The van der Waals surface area contributed by atoms with E-state index in [2.05, 4.69) is 32.7 Å². The maximum absolute atomic E-state index is 12.6. The number of hydrogen-bond acceptors (Lipinski definition) is 4. The fourth-order valence-corrected chi connectivity index (χ4v) is 6.13. The third-order valence-corrected chi connectivity index (χ3v) is 8.14. The largest absolute Gasteiger partial charge is 0.497 e. The van der Waals surface area contributed by atoms with E-state index in [0.29, 0.717) is 40.9 Å². The van der Waals surface area contributed by atoms with E-state index in [1.54, 1.807) is 38.5 Å². The fourth-order valence-electron chi connectivity index (χ4n) is 6.13. The minimum Gasteiger partial charge on any atom is -0.497 e. The van der Waals surface area contributed by atoms with Gasteiger partial charge in [-0.2, -0.15) is 0 Å². The molecule has 0 bridgehead atoms. The molecule has 0 heterocycles. The number of aliphatic hydroxyl groups is 1. The molecule has 1 amide bonds. The molecule has 2 N–H and O–H groups in total. The normalized spacial score (nSPS) is 29.2. The van der Waals surface area contributed by atoms with Crippen LogP contribution in [0.5, 0.6) is 11.5 Å². The molecule has 0 saturated heterocycles. The number of methoxy groups -OCH3 is 2. The highest BCUT2D eigenvalue weighted by molar-refractivity contribution is 6.00. The molecule has 2 aliphatic carbocycles. The first-order valence-electron chi connectivity index (χ1n) is 12.1. The molecule has 33 heavy (non-hydrogen) atoms. The standard InChI is InChI=1S/C28H41NO4/c1-17(12-26(31)29-20-14-21(32-6)16-22(15-20)33-7)8-10-23-18(2)9-11-24-27(23)19(3)13-25(30)28(24,4)5/h12,14-16,19,23-25,27,30H,2,8-11,13H2,1,3-7H3,(H,29,31)/b17-12+. The Morgan fingerprint density at radius 3 is 2.48 bits per heavy atom. The van der Waals surface area contributed by atoms with Gasteiger partial charge in [0.2, 0.25) is 5.91 Å². The zero-order valence-electron chi connectivity index (χ0n) is 21.1. The number of ether oxygens (including phenoxy) is 2. The Balaban J connectivity index is 1.66. The number of hydrogen-bond donors (Lipinski definition) is 2. The molecule has 5 atom stereocenters. The van der Waals surface area contributed by atoms with Crippen LogP contribution in [0.3, 0.4) is 0 Å². The minimum absolute atomic E-state index is 0.0569. The molecular weight excluding hydrogens is 414 g/mol. The lowest BCUT2D eigenvalue weighted by atomic mass is 9.50. The van der Waals surface area contributed by atoms with Gasteiger partial charge in [-0.05, 0) is 68.1 Å². The lowest BCUT2D eigenvalue weighted by Gasteiger charge is -2.55. The Bertz CT molecular complexity index is 881. The Labute approximate surface area is 199 Å². The van der Waals surface area contributed by atoms with Crippen LogP contribution < -0.4 is 14.8 Å². The van der Waals surface area contributed by atoms with Crippen molar-refractivity contribution in [2.75, 3.05) is 19.5 Å². The molecular formula is C28H41NO4. The monoisotopic (exact) mass is 455 g/mol. The summed E-state index contributed by atoms with van der Waals surface area (Å²) in [5.74, 6) is 3.10. The minimum atomic E-state index is -0.235. The van der Waals surface area contributed by atoms with Crippen LogP contribution in [0.2, 0.25) is 0 Å². The van der Waals surface area contributed by atoms with Crippen molar-refractivity contribution in [2.45, 2.75) is 65.9 Å². The molecule has 2 fully saturated rings. The first kappa shape index (κ1) is 25.4. The van der Waals surface area contributed by atoms with E-state index in [1.807, 2.05) is 6.92 Å². The highest BCUT2D eigenvalue weighted by Gasteiger charge is 2.51. The topological polar surface area (TPSA) is 67.8 Å². The van der Waals surface area contributed by atoms with E-state index in [-0.39, 0.29) is 17.4 Å². The lowest BCUT2D eigenvalue weighted by Crippen LogP contribution is -2.52. The summed E-state index contributed by atoms with van der Waals surface area (Å²) in [6.45, 7) is 13.2. The summed E-state index contributed by atoms with van der Waals surface area (Å²) in [6.07, 6.45) is 6.33. The second-order valence-corrected chi connectivity index (χ2v) is 10.7. The molecule has 182 valence electrons. The fraction of sp³-hybridized carbons (Fsp3) is 0.607. The number of aliphatic hydroxyl groups excluding tert-OH is 1. The first-order valence-corrected chi connectivity index (χ1v) is 12.1. The van der Waals surface area contributed by atoms with Crippen LogP contribution in [-0.4, -0.2) is 31.3 Å². The van der Waals surface area contributed by atoms with Crippen LogP contribution in [0.4, 0.5) is 5.69 Å². The molecule has 0 radical (unpaired) electrons. The van der Waals surface area contributed by atoms with Crippen LogP contribution in [0.15, 0.2) is 42.0 Å². The van der Waals surface area contributed by atoms with Crippen molar-refractivity contribution < 1.29 is 19.4 Å². The SMILES string of the molecule is C=C1CCC2C(C(C)CC(O)C2(C)C)C1CC/C(C)=C/C(=O)Nc1cc(OC)cc(OC)c1. The summed E-state index contributed by atoms with van der Waals surface area (Å²) in [7, 11) is 3.17. The van der Waals surface area contributed by atoms with Gasteiger partial charge in [-0.3, -0.25) is 4.79 Å². The molecule has 5 heteroatoms. The zero-order chi connectivity index (χ0) is 24.3. The predicted octanol–water partition coefficient (Wildman–Crippen LogP) is 5.99. The van der Waals surface area contributed by atoms with E-state index >= 15 is 0 Å². The third kappa shape index (κ3) is 5.63. The van der Waals surface area contributed by atoms with E-state index in [4.69, 9.17) is 9.47 Å². The molecule has 2 saturated carbocycles. The second kappa shape index (κ2) is 10.3. The van der Waals surface area contributed by atoms with E-state index in [0.717, 1.165) is 37.7 Å². The lowest BCUT2D eigenvalue weighted by molar-refractivity contribution is -0.112. The summed E-state index contributed by atoms with van der Waals surface area (Å²) in [5.41, 5.74) is 2.98. The van der Waals surface area contributed by atoms with Crippen molar-refractivity contribution in [1.29, 1.82) is 0 Å². The summed E-state index contributed by atoms with van der Waals surface area (Å²) >= 11 is 0. The third-order valence-electron chi connectivity index (χ3n) is 8.14. The molecule has 2 aliphatic rings. The first-order chi connectivity index (χ1) is 15.6. The maximum Gasteiger partial charge on any atom is 0.248 e. The van der Waals surface area contributed by atoms with Crippen molar-refractivity contribution in [3.8, 4) is 11.5 Å². The molecule has 0 aliphatic heterocycles. The number of anilines is 1. The van der Waals surface area contributed by atoms with Gasteiger partial charge in [0.25, 0.3) is 0 Å². The van der Waals surface area contributed by atoms with Crippen molar-refractivity contribution >= 4 is 11.6 Å². The van der Waals surface area contributed by atoms with Crippen LogP contribution in [0.25, 0.3) is 0 Å². The summed E-state index contributed by atoms with van der Waals surface area (Å²) < 4.78 is 10.6.